The summed E-state index contributed by atoms with van der Waals surface area (Å²) in [7, 11) is 1.63. The second kappa shape index (κ2) is 8.99. The van der Waals surface area contributed by atoms with E-state index < -0.39 is 5.82 Å². The molecule has 8 heteroatoms. The van der Waals surface area contributed by atoms with Gasteiger partial charge >= 0.3 is 0 Å². The van der Waals surface area contributed by atoms with Crippen LogP contribution >= 0.6 is 0 Å². The van der Waals surface area contributed by atoms with Crippen LogP contribution in [0.1, 0.15) is 34.8 Å². The molecule has 2 amide bonds. The van der Waals surface area contributed by atoms with Crippen molar-refractivity contribution in [3.63, 3.8) is 0 Å². The SMILES string of the molecule is COc1ccc([C@H]2CCCN2C(=O)Cn2cc(NC(=O)c3ccc(F)cc3)cn2)cc1. The van der Waals surface area contributed by atoms with Crippen molar-refractivity contribution in [3.05, 3.63) is 77.9 Å². The number of halogens is 1. The second-order valence-corrected chi connectivity index (χ2v) is 7.41. The number of ether oxygens (including phenoxy) is 1. The molecular formula is C23H23FN4O3. The first kappa shape index (κ1) is 20.6. The molecule has 1 atom stereocenters. The molecule has 7 nitrogen and oxygen atoms in total. The Kier molecular flexibility index (Phi) is 5.97. The summed E-state index contributed by atoms with van der Waals surface area (Å²) in [5, 5.41) is 6.89. The van der Waals surface area contributed by atoms with Gasteiger partial charge in [-0.3, -0.25) is 14.3 Å². The van der Waals surface area contributed by atoms with Crippen molar-refractivity contribution in [3.8, 4) is 5.75 Å². The van der Waals surface area contributed by atoms with Crippen LogP contribution in [0.3, 0.4) is 0 Å². The number of carbonyl (C=O) groups is 2. The van der Waals surface area contributed by atoms with Gasteiger partial charge in [0.1, 0.15) is 18.1 Å². The average Bonchev–Trinajstić information content (AvgIpc) is 3.44. The topological polar surface area (TPSA) is 76.5 Å². The Labute approximate surface area is 179 Å². The third-order valence-electron chi connectivity index (χ3n) is 5.37. The van der Waals surface area contributed by atoms with E-state index in [2.05, 4.69) is 10.4 Å². The second-order valence-electron chi connectivity index (χ2n) is 7.41. The molecule has 4 rings (SSSR count). The van der Waals surface area contributed by atoms with Crippen molar-refractivity contribution in [2.45, 2.75) is 25.4 Å². The summed E-state index contributed by atoms with van der Waals surface area (Å²) in [6.07, 6.45) is 4.95. The summed E-state index contributed by atoms with van der Waals surface area (Å²) in [4.78, 5) is 27.1. The molecule has 0 saturated carbocycles. The molecule has 0 aliphatic carbocycles. The number of methoxy groups -OCH3 is 1. The zero-order chi connectivity index (χ0) is 21.8. The Bertz CT molecular complexity index is 1060. The van der Waals surface area contributed by atoms with Crippen molar-refractivity contribution in [1.29, 1.82) is 0 Å². The lowest BCUT2D eigenvalue weighted by Crippen LogP contribution is -2.33. The van der Waals surface area contributed by atoms with Crippen LogP contribution in [0.2, 0.25) is 0 Å². The number of nitrogens with zero attached hydrogens (tertiary/aromatic N) is 3. The minimum absolute atomic E-state index is 0.0298. The van der Waals surface area contributed by atoms with Crippen LogP contribution in [0.4, 0.5) is 10.1 Å². The van der Waals surface area contributed by atoms with Crippen LogP contribution in [-0.4, -0.2) is 40.1 Å². The van der Waals surface area contributed by atoms with Crippen molar-refractivity contribution in [2.75, 3.05) is 19.0 Å². The number of nitrogens with one attached hydrogen (secondary N) is 1. The number of benzene rings is 2. The third kappa shape index (κ3) is 4.74. The smallest absolute Gasteiger partial charge is 0.255 e. The highest BCUT2D eigenvalue weighted by molar-refractivity contribution is 6.04. The van der Waals surface area contributed by atoms with Crippen LogP contribution in [0.5, 0.6) is 5.75 Å². The fourth-order valence-electron chi connectivity index (χ4n) is 3.79. The fraction of sp³-hybridized carbons (Fsp3) is 0.261. The zero-order valence-corrected chi connectivity index (χ0v) is 17.1. The summed E-state index contributed by atoms with van der Waals surface area (Å²) in [6.45, 7) is 0.782. The van der Waals surface area contributed by atoms with E-state index in [-0.39, 0.29) is 24.4 Å². The van der Waals surface area contributed by atoms with E-state index in [1.807, 2.05) is 29.2 Å². The van der Waals surface area contributed by atoms with E-state index in [0.29, 0.717) is 17.8 Å². The molecule has 1 aliphatic heterocycles. The first-order valence-electron chi connectivity index (χ1n) is 10.1. The van der Waals surface area contributed by atoms with Gasteiger partial charge in [0.25, 0.3) is 5.91 Å². The Hall–Kier alpha value is -3.68. The highest BCUT2D eigenvalue weighted by Gasteiger charge is 2.30. The minimum Gasteiger partial charge on any atom is -0.497 e. The van der Waals surface area contributed by atoms with Gasteiger partial charge in [-0.15, -0.1) is 0 Å². The number of likely N-dealkylation sites (tertiary alicyclic amines) is 1. The van der Waals surface area contributed by atoms with Crippen LogP contribution < -0.4 is 10.1 Å². The zero-order valence-electron chi connectivity index (χ0n) is 17.1. The molecular weight excluding hydrogens is 399 g/mol. The summed E-state index contributed by atoms with van der Waals surface area (Å²) in [5.41, 5.74) is 1.89. The maximum Gasteiger partial charge on any atom is 0.255 e. The van der Waals surface area contributed by atoms with Gasteiger partial charge in [0, 0.05) is 18.3 Å². The van der Waals surface area contributed by atoms with Gasteiger partial charge in [-0.05, 0) is 54.8 Å². The molecule has 1 saturated heterocycles. The van der Waals surface area contributed by atoms with Crippen molar-refractivity contribution < 1.29 is 18.7 Å². The quantitative estimate of drug-likeness (QED) is 0.658. The van der Waals surface area contributed by atoms with Gasteiger partial charge in [0.05, 0.1) is 25.0 Å². The van der Waals surface area contributed by atoms with Crippen molar-refractivity contribution >= 4 is 17.5 Å². The molecule has 0 bridgehead atoms. The molecule has 3 aromatic rings. The van der Waals surface area contributed by atoms with Gasteiger partial charge in [-0.1, -0.05) is 12.1 Å². The first-order chi connectivity index (χ1) is 15.0. The van der Waals surface area contributed by atoms with Crippen LogP contribution in [-0.2, 0) is 11.3 Å². The molecule has 1 fully saturated rings. The molecule has 0 spiro atoms. The highest BCUT2D eigenvalue weighted by atomic mass is 19.1. The molecule has 31 heavy (non-hydrogen) atoms. The molecule has 2 heterocycles. The predicted octanol–water partition coefficient (Wildman–Crippen LogP) is 3.65. The number of aromatic nitrogens is 2. The minimum atomic E-state index is -0.405. The Balaban J connectivity index is 1.38. The Morgan fingerprint density at radius 1 is 1.16 bits per heavy atom. The lowest BCUT2D eigenvalue weighted by Gasteiger charge is -2.25. The third-order valence-corrected chi connectivity index (χ3v) is 5.37. The van der Waals surface area contributed by atoms with Crippen LogP contribution in [0, 0.1) is 5.82 Å². The number of hydrogen-bond donors (Lipinski definition) is 1. The molecule has 1 aromatic heterocycles. The largest absolute Gasteiger partial charge is 0.497 e. The van der Waals surface area contributed by atoms with Gasteiger partial charge < -0.3 is 15.0 Å². The van der Waals surface area contributed by atoms with Gasteiger partial charge in [0.2, 0.25) is 5.91 Å². The number of rotatable bonds is 6. The monoisotopic (exact) mass is 422 g/mol. The first-order valence-corrected chi connectivity index (χ1v) is 10.1. The van der Waals surface area contributed by atoms with E-state index in [1.165, 1.54) is 35.1 Å². The van der Waals surface area contributed by atoms with Crippen LogP contribution in [0.25, 0.3) is 0 Å². The average molecular weight is 422 g/mol. The highest BCUT2D eigenvalue weighted by Crippen LogP contribution is 2.33. The lowest BCUT2D eigenvalue weighted by molar-refractivity contribution is -0.133. The molecule has 1 N–H and O–H groups in total. The number of amides is 2. The van der Waals surface area contributed by atoms with Crippen molar-refractivity contribution in [2.24, 2.45) is 0 Å². The van der Waals surface area contributed by atoms with E-state index >= 15 is 0 Å². The summed E-state index contributed by atoms with van der Waals surface area (Å²) >= 11 is 0. The van der Waals surface area contributed by atoms with E-state index in [4.69, 9.17) is 4.74 Å². The molecule has 1 aliphatic rings. The molecule has 0 radical (unpaired) electrons. The molecule has 0 unspecified atom stereocenters. The lowest BCUT2D eigenvalue weighted by atomic mass is 10.0. The number of anilines is 1. The maximum atomic E-state index is 13.0. The Morgan fingerprint density at radius 3 is 2.61 bits per heavy atom. The molecule has 160 valence electrons. The van der Waals surface area contributed by atoms with Gasteiger partial charge in [-0.25, -0.2) is 4.39 Å². The van der Waals surface area contributed by atoms with E-state index in [9.17, 15) is 14.0 Å². The Morgan fingerprint density at radius 2 is 1.90 bits per heavy atom. The van der Waals surface area contributed by atoms with E-state index in [0.717, 1.165) is 24.2 Å². The summed E-state index contributed by atoms with van der Waals surface area (Å²) < 4.78 is 19.7. The summed E-state index contributed by atoms with van der Waals surface area (Å²) in [5.74, 6) is -0.0214. The van der Waals surface area contributed by atoms with E-state index in [1.54, 1.807) is 13.3 Å². The summed E-state index contributed by atoms with van der Waals surface area (Å²) in [6, 6.07) is 13.1. The van der Waals surface area contributed by atoms with Crippen LogP contribution in [0.15, 0.2) is 60.9 Å². The van der Waals surface area contributed by atoms with Crippen molar-refractivity contribution in [1.82, 2.24) is 14.7 Å². The van der Waals surface area contributed by atoms with Gasteiger partial charge in [0.15, 0.2) is 0 Å². The molecule has 2 aromatic carbocycles. The fourth-order valence-corrected chi connectivity index (χ4v) is 3.79. The number of carbonyl (C=O) groups excluding carboxylic acids is 2. The maximum absolute atomic E-state index is 13.0. The standard InChI is InChI=1S/C23H23FN4O3/c1-31-20-10-6-16(7-11-20)21-3-2-12-28(21)22(29)15-27-14-19(13-25-27)26-23(30)17-4-8-18(24)9-5-17/h4-11,13-14,21H,2-3,12,15H2,1H3,(H,26,30)/t21-/m1/s1. The number of hydrogen-bond acceptors (Lipinski definition) is 4. The normalized spacial score (nSPS) is 15.7. The predicted molar refractivity (Wildman–Crippen MR) is 113 cm³/mol. The van der Waals surface area contributed by atoms with Gasteiger partial charge in [-0.2, -0.15) is 5.10 Å².